The van der Waals surface area contributed by atoms with Crippen LogP contribution in [0.25, 0.3) is 11.1 Å². The Morgan fingerprint density at radius 2 is 1.91 bits per heavy atom. The van der Waals surface area contributed by atoms with E-state index in [4.69, 9.17) is 4.42 Å². The van der Waals surface area contributed by atoms with Crippen LogP contribution >= 0.6 is 0 Å². The summed E-state index contributed by atoms with van der Waals surface area (Å²) >= 11 is 0. The quantitative estimate of drug-likeness (QED) is 0.809. The summed E-state index contributed by atoms with van der Waals surface area (Å²) < 4.78 is 6.52. The number of carbonyl (C=O) groups excluding carboxylic acids is 1. The molecule has 0 aliphatic rings. The molecule has 118 valence electrons. The largest absolute Gasteiger partial charge is 0.419 e. The van der Waals surface area contributed by atoms with E-state index in [1.165, 1.54) is 10.1 Å². The van der Waals surface area contributed by atoms with E-state index in [-0.39, 0.29) is 12.3 Å². The predicted octanol–water partition coefficient (Wildman–Crippen LogP) is 2.93. The van der Waals surface area contributed by atoms with Crippen molar-refractivity contribution in [3.8, 4) is 0 Å². The highest BCUT2D eigenvalue weighted by Crippen LogP contribution is 2.17. The Hall–Kier alpha value is -2.82. The average Bonchev–Trinajstić information content (AvgIpc) is 2.78. The van der Waals surface area contributed by atoms with Crippen LogP contribution in [-0.4, -0.2) is 10.5 Å². The van der Waals surface area contributed by atoms with Gasteiger partial charge in [-0.2, -0.15) is 0 Å². The Kier molecular flexibility index (Phi) is 3.78. The highest BCUT2D eigenvalue weighted by atomic mass is 16.4. The number of nitrogens with zero attached hydrogens (tertiary/aromatic N) is 1. The van der Waals surface area contributed by atoms with E-state index >= 15 is 0 Å². The lowest BCUT2D eigenvalue weighted by atomic mass is 10.1. The fourth-order valence-corrected chi connectivity index (χ4v) is 2.49. The monoisotopic (exact) mass is 310 g/mol. The Morgan fingerprint density at radius 3 is 2.65 bits per heavy atom. The number of rotatable bonds is 3. The molecule has 2 aromatic carbocycles. The van der Waals surface area contributed by atoms with Crippen molar-refractivity contribution >= 4 is 22.7 Å². The minimum atomic E-state index is -0.406. The first-order valence-corrected chi connectivity index (χ1v) is 7.39. The Balaban J connectivity index is 1.78. The number of aromatic nitrogens is 1. The maximum Gasteiger partial charge on any atom is 0.419 e. The van der Waals surface area contributed by atoms with E-state index in [1.54, 1.807) is 25.2 Å². The first-order chi connectivity index (χ1) is 10.9. The number of hydrogen-bond donors (Lipinski definition) is 1. The van der Waals surface area contributed by atoms with Gasteiger partial charge in [-0.05, 0) is 54.8 Å². The van der Waals surface area contributed by atoms with Gasteiger partial charge in [-0.1, -0.05) is 12.1 Å². The molecular formula is C18H18N2O3. The fourth-order valence-electron chi connectivity index (χ4n) is 2.49. The van der Waals surface area contributed by atoms with Crippen molar-refractivity contribution in [3.63, 3.8) is 0 Å². The molecule has 0 spiro atoms. The molecule has 0 saturated heterocycles. The molecule has 0 saturated carbocycles. The Bertz CT molecular complexity index is 951. The van der Waals surface area contributed by atoms with Crippen molar-refractivity contribution < 1.29 is 9.21 Å². The highest BCUT2D eigenvalue weighted by molar-refractivity contribution is 5.92. The molecule has 0 atom stereocenters. The topological polar surface area (TPSA) is 64.2 Å². The third-order valence-corrected chi connectivity index (χ3v) is 4.01. The van der Waals surface area contributed by atoms with Crippen LogP contribution in [0.2, 0.25) is 0 Å². The van der Waals surface area contributed by atoms with Gasteiger partial charge in [0.2, 0.25) is 5.91 Å². The van der Waals surface area contributed by atoms with Gasteiger partial charge >= 0.3 is 5.76 Å². The predicted molar refractivity (Wildman–Crippen MR) is 89.7 cm³/mol. The summed E-state index contributed by atoms with van der Waals surface area (Å²) in [7, 11) is 1.65. The lowest BCUT2D eigenvalue weighted by molar-refractivity contribution is -0.115. The lowest BCUT2D eigenvalue weighted by Crippen LogP contribution is -2.14. The van der Waals surface area contributed by atoms with Crippen LogP contribution in [-0.2, 0) is 18.3 Å². The number of aryl methyl sites for hydroxylation is 3. The van der Waals surface area contributed by atoms with Crippen molar-refractivity contribution in [2.75, 3.05) is 5.32 Å². The third-order valence-electron chi connectivity index (χ3n) is 4.01. The van der Waals surface area contributed by atoms with Gasteiger partial charge in [-0.25, -0.2) is 4.79 Å². The van der Waals surface area contributed by atoms with Crippen LogP contribution in [0.4, 0.5) is 5.69 Å². The molecule has 0 aliphatic carbocycles. The lowest BCUT2D eigenvalue weighted by Gasteiger charge is -2.08. The van der Waals surface area contributed by atoms with Crippen molar-refractivity contribution in [2.24, 2.45) is 7.05 Å². The molecule has 1 amide bonds. The maximum atomic E-state index is 12.2. The SMILES string of the molecule is Cc1ccc(NC(=O)Cc2ccc3oc(=O)n(C)c3c2)cc1C. The van der Waals surface area contributed by atoms with Crippen LogP contribution in [0.15, 0.2) is 45.6 Å². The minimum absolute atomic E-state index is 0.0962. The second-order valence-corrected chi connectivity index (χ2v) is 5.75. The van der Waals surface area contributed by atoms with E-state index in [2.05, 4.69) is 5.32 Å². The van der Waals surface area contributed by atoms with E-state index in [1.807, 2.05) is 32.0 Å². The maximum absolute atomic E-state index is 12.2. The van der Waals surface area contributed by atoms with Gasteiger partial charge < -0.3 is 9.73 Å². The van der Waals surface area contributed by atoms with Crippen molar-refractivity contribution in [3.05, 3.63) is 63.6 Å². The molecule has 5 nitrogen and oxygen atoms in total. The molecule has 0 aliphatic heterocycles. The van der Waals surface area contributed by atoms with Crippen LogP contribution in [0.1, 0.15) is 16.7 Å². The minimum Gasteiger partial charge on any atom is -0.408 e. The molecule has 5 heteroatoms. The molecule has 1 aromatic heterocycles. The van der Waals surface area contributed by atoms with Gasteiger partial charge in [0.05, 0.1) is 11.9 Å². The number of oxazole rings is 1. The second-order valence-electron chi connectivity index (χ2n) is 5.75. The zero-order valence-electron chi connectivity index (χ0n) is 13.3. The molecule has 3 rings (SSSR count). The van der Waals surface area contributed by atoms with Crippen molar-refractivity contribution in [1.82, 2.24) is 4.57 Å². The van der Waals surface area contributed by atoms with Crippen LogP contribution in [0, 0.1) is 13.8 Å². The zero-order chi connectivity index (χ0) is 16.6. The first kappa shape index (κ1) is 15.1. The number of benzene rings is 2. The summed E-state index contributed by atoms with van der Waals surface area (Å²) in [6, 6.07) is 11.2. The first-order valence-electron chi connectivity index (χ1n) is 7.39. The van der Waals surface area contributed by atoms with Gasteiger partial charge in [-0.15, -0.1) is 0 Å². The molecule has 1 N–H and O–H groups in total. The van der Waals surface area contributed by atoms with Gasteiger partial charge in [0, 0.05) is 12.7 Å². The van der Waals surface area contributed by atoms with E-state index in [0.717, 1.165) is 16.8 Å². The van der Waals surface area contributed by atoms with Crippen molar-refractivity contribution in [1.29, 1.82) is 0 Å². The number of hydrogen-bond acceptors (Lipinski definition) is 3. The standard InChI is InChI=1S/C18H18N2O3/c1-11-4-6-14(8-12(11)2)19-17(21)10-13-5-7-16-15(9-13)20(3)18(22)23-16/h4-9H,10H2,1-3H3,(H,19,21). The van der Waals surface area contributed by atoms with Crippen LogP contribution in [0.5, 0.6) is 0 Å². The van der Waals surface area contributed by atoms with E-state index < -0.39 is 5.76 Å². The fraction of sp³-hybridized carbons (Fsp3) is 0.222. The van der Waals surface area contributed by atoms with Gasteiger partial charge in [0.25, 0.3) is 0 Å². The Labute approximate surface area is 133 Å². The van der Waals surface area contributed by atoms with Crippen LogP contribution in [0.3, 0.4) is 0 Å². The van der Waals surface area contributed by atoms with Gasteiger partial charge in [0.1, 0.15) is 0 Å². The zero-order valence-corrected chi connectivity index (χ0v) is 13.3. The number of carbonyl (C=O) groups is 1. The molecular weight excluding hydrogens is 292 g/mol. The summed E-state index contributed by atoms with van der Waals surface area (Å²) in [5.74, 6) is -0.502. The molecule has 1 heterocycles. The summed E-state index contributed by atoms with van der Waals surface area (Å²) in [4.78, 5) is 23.7. The van der Waals surface area contributed by atoms with Crippen LogP contribution < -0.4 is 11.1 Å². The molecule has 3 aromatic rings. The third kappa shape index (κ3) is 3.04. The summed E-state index contributed by atoms with van der Waals surface area (Å²) in [6.07, 6.45) is 0.238. The Morgan fingerprint density at radius 1 is 1.13 bits per heavy atom. The number of amides is 1. The summed E-state index contributed by atoms with van der Waals surface area (Å²) in [6.45, 7) is 4.05. The van der Waals surface area contributed by atoms with E-state index in [0.29, 0.717) is 11.1 Å². The second kappa shape index (κ2) is 5.76. The van der Waals surface area contributed by atoms with Gasteiger partial charge in [-0.3, -0.25) is 9.36 Å². The molecule has 0 fully saturated rings. The number of nitrogens with one attached hydrogen (secondary N) is 1. The number of fused-ring (bicyclic) bond motifs is 1. The summed E-state index contributed by atoms with van der Waals surface area (Å²) in [5.41, 5.74) is 5.15. The van der Waals surface area contributed by atoms with Crippen molar-refractivity contribution in [2.45, 2.75) is 20.3 Å². The average molecular weight is 310 g/mol. The molecule has 23 heavy (non-hydrogen) atoms. The van der Waals surface area contributed by atoms with Gasteiger partial charge in [0.15, 0.2) is 5.58 Å². The smallest absolute Gasteiger partial charge is 0.408 e. The molecule has 0 bridgehead atoms. The highest BCUT2D eigenvalue weighted by Gasteiger charge is 2.09. The molecule has 0 unspecified atom stereocenters. The number of anilines is 1. The molecule has 0 radical (unpaired) electrons. The summed E-state index contributed by atoms with van der Waals surface area (Å²) in [5, 5.41) is 2.90. The normalized spacial score (nSPS) is 10.9. The van der Waals surface area contributed by atoms with E-state index in [9.17, 15) is 9.59 Å².